The van der Waals surface area contributed by atoms with Crippen LogP contribution in [0.4, 0.5) is 0 Å². The van der Waals surface area contributed by atoms with Gasteiger partial charge in [-0.2, -0.15) is 5.10 Å². The maximum Gasteiger partial charge on any atom is 0.211 e. The molecule has 1 unspecified atom stereocenters. The fourth-order valence-electron chi connectivity index (χ4n) is 3.07. The van der Waals surface area contributed by atoms with Gasteiger partial charge in [0.05, 0.1) is 11.9 Å². The van der Waals surface area contributed by atoms with Crippen LogP contribution in [0.2, 0.25) is 0 Å². The third-order valence-corrected chi connectivity index (χ3v) is 5.54. The molecule has 2 rings (SSSR count). The van der Waals surface area contributed by atoms with Gasteiger partial charge in [-0.3, -0.25) is 4.68 Å². The summed E-state index contributed by atoms with van der Waals surface area (Å²) in [6.45, 7) is 6.99. The normalized spacial score (nSPS) is 20.9. The van der Waals surface area contributed by atoms with E-state index in [9.17, 15) is 8.42 Å². The lowest BCUT2D eigenvalue weighted by atomic mass is 10.00. The molecule has 1 aromatic rings. The van der Waals surface area contributed by atoms with Crippen molar-refractivity contribution in [2.45, 2.75) is 39.8 Å². The monoisotopic (exact) mass is 314 g/mol. The smallest absolute Gasteiger partial charge is 0.211 e. The Kier molecular flexibility index (Phi) is 5.06. The highest BCUT2D eigenvalue weighted by Crippen LogP contribution is 2.22. The molecule has 1 aliphatic rings. The summed E-state index contributed by atoms with van der Waals surface area (Å²) in [5.41, 5.74) is 3.48. The predicted molar refractivity (Wildman–Crippen MR) is 83.6 cm³/mol. The molecule has 2 heterocycles. The van der Waals surface area contributed by atoms with E-state index in [4.69, 9.17) is 0 Å². The third-order valence-electron chi connectivity index (χ3n) is 4.27. The second kappa shape index (κ2) is 6.46. The molecule has 1 fully saturated rings. The molecule has 0 bridgehead atoms. The molecule has 0 radical (unpaired) electrons. The quantitative estimate of drug-likeness (QED) is 0.876. The summed E-state index contributed by atoms with van der Waals surface area (Å²) in [6.07, 6.45) is 3.29. The van der Waals surface area contributed by atoms with Gasteiger partial charge in [0.25, 0.3) is 0 Å². The second-order valence-corrected chi connectivity index (χ2v) is 7.97. The Morgan fingerprint density at radius 3 is 2.71 bits per heavy atom. The number of nitrogens with one attached hydrogen (secondary N) is 1. The maximum absolute atomic E-state index is 11.7. The van der Waals surface area contributed by atoms with Crippen LogP contribution < -0.4 is 5.32 Å². The highest BCUT2D eigenvalue weighted by atomic mass is 32.2. The molecular weight excluding hydrogens is 288 g/mol. The molecule has 1 aliphatic heterocycles. The van der Waals surface area contributed by atoms with Crippen molar-refractivity contribution in [2.75, 3.05) is 26.4 Å². The van der Waals surface area contributed by atoms with Crippen molar-refractivity contribution in [3.63, 3.8) is 0 Å². The zero-order chi connectivity index (χ0) is 15.6. The summed E-state index contributed by atoms with van der Waals surface area (Å²) in [4.78, 5) is 0. The molecule has 0 saturated carbocycles. The molecule has 6 nitrogen and oxygen atoms in total. The zero-order valence-electron chi connectivity index (χ0n) is 13.4. The minimum absolute atomic E-state index is 0.342. The number of sulfonamides is 1. The number of nitrogens with zero attached hydrogens (tertiary/aromatic N) is 3. The number of hydrogen-bond donors (Lipinski definition) is 1. The van der Waals surface area contributed by atoms with Crippen LogP contribution in [-0.2, 0) is 23.1 Å². The Bertz CT molecular complexity index is 594. The van der Waals surface area contributed by atoms with E-state index in [0.717, 1.165) is 31.6 Å². The first-order valence-electron chi connectivity index (χ1n) is 7.45. The first-order valence-corrected chi connectivity index (χ1v) is 9.30. The molecule has 1 saturated heterocycles. The lowest BCUT2D eigenvalue weighted by molar-refractivity contribution is 0.239. The SMILES string of the molecule is CNCc1c(C)nn(CC2CCCN(S(C)(=O)=O)C2)c1C. The lowest BCUT2D eigenvalue weighted by Gasteiger charge is -2.31. The number of aryl methyl sites for hydroxylation is 1. The molecule has 1 aromatic heterocycles. The van der Waals surface area contributed by atoms with Crippen molar-refractivity contribution in [3.05, 3.63) is 17.0 Å². The van der Waals surface area contributed by atoms with Gasteiger partial charge in [-0.05, 0) is 39.7 Å². The number of hydrogen-bond acceptors (Lipinski definition) is 4. The second-order valence-electron chi connectivity index (χ2n) is 5.99. The van der Waals surface area contributed by atoms with Crippen LogP contribution in [0, 0.1) is 19.8 Å². The van der Waals surface area contributed by atoms with Gasteiger partial charge in [-0.15, -0.1) is 0 Å². The molecule has 0 aromatic carbocycles. The Hall–Kier alpha value is -0.920. The average Bonchev–Trinajstić information content (AvgIpc) is 2.66. The summed E-state index contributed by atoms with van der Waals surface area (Å²) in [5, 5.41) is 7.79. The summed E-state index contributed by atoms with van der Waals surface area (Å²) in [5.74, 6) is 0.342. The number of rotatable bonds is 5. The fourth-order valence-corrected chi connectivity index (χ4v) is 4.01. The van der Waals surface area contributed by atoms with Crippen molar-refractivity contribution >= 4 is 10.0 Å². The summed E-state index contributed by atoms with van der Waals surface area (Å²) in [6, 6.07) is 0. The molecule has 120 valence electrons. The Morgan fingerprint density at radius 2 is 2.10 bits per heavy atom. The van der Waals surface area contributed by atoms with E-state index in [1.54, 1.807) is 4.31 Å². The minimum Gasteiger partial charge on any atom is -0.316 e. The minimum atomic E-state index is -3.08. The lowest BCUT2D eigenvalue weighted by Crippen LogP contribution is -2.40. The van der Waals surface area contributed by atoms with Crippen LogP contribution in [-0.4, -0.2) is 48.9 Å². The summed E-state index contributed by atoms with van der Waals surface area (Å²) >= 11 is 0. The van der Waals surface area contributed by atoms with Gasteiger partial charge in [0.2, 0.25) is 10.0 Å². The number of piperidine rings is 1. The largest absolute Gasteiger partial charge is 0.316 e. The summed E-state index contributed by atoms with van der Waals surface area (Å²) < 4.78 is 27.0. The van der Waals surface area contributed by atoms with Gasteiger partial charge in [-0.1, -0.05) is 0 Å². The molecule has 21 heavy (non-hydrogen) atoms. The van der Waals surface area contributed by atoms with Crippen molar-refractivity contribution in [1.82, 2.24) is 19.4 Å². The zero-order valence-corrected chi connectivity index (χ0v) is 14.2. The van der Waals surface area contributed by atoms with Crippen LogP contribution in [0.3, 0.4) is 0 Å². The Morgan fingerprint density at radius 1 is 1.38 bits per heavy atom. The third kappa shape index (κ3) is 3.84. The van der Waals surface area contributed by atoms with Crippen LogP contribution in [0.25, 0.3) is 0 Å². The summed E-state index contributed by atoms with van der Waals surface area (Å²) in [7, 11) is -1.15. The van der Waals surface area contributed by atoms with Gasteiger partial charge in [-0.25, -0.2) is 12.7 Å². The Labute approximate surface area is 127 Å². The topological polar surface area (TPSA) is 67.2 Å². The Balaban J connectivity index is 2.10. The van der Waals surface area contributed by atoms with Crippen molar-refractivity contribution in [3.8, 4) is 0 Å². The van der Waals surface area contributed by atoms with Crippen molar-refractivity contribution in [2.24, 2.45) is 5.92 Å². The van der Waals surface area contributed by atoms with Gasteiger partial charge >= 0.3 is 0 Å². The van der Waals surface area contributed by atoms with E-state index in [2.05, 4.69) is 17.3 Å². The molecule has 1 N–H and O–H groups in total. The van der Waals surface area contributed by atoms with Crippen LogP contribution >= 0.6 is 0 Å². The first-order chi connectivity index (χ1) is 9.82. The molecule has 0 aliphatic carbocycles. The highest BCUT2D eigenvalue weighted by Gasteiger charge is 2.26. The maximum atomic E-state index is 11.7. The fraction of sp³-hybridized carbons (Fsp3) is 0.786. The number of aromatic nitrogens is 2. The first kappa shape index (κ1) is 16.5. The predicted octanol–water partition coefficient (Wildman–Crippen LogP) is 0.891. The molecule has 0 spiro atoms. The van der Waals surface area contributed by atoms with Gasteiger partial charge in [0.1, 0.15) is 0 Å². The van der Waals surface area contributed by atoms with E-state index < -0.39 is 10.0 Å². The van der Waals surface area contributed by atoms with E-state index in [1.807, 2.05) is 18.7 Å². The molecular formula is C14H26N4O2S. The molecule has 0 amide bonds. The van der Waals surface area contributed by atoms with Gasteiger partial charge in [0, 0.05) is 37.4 Å². The highest BCUT2D eigenvalue weighted by molar-refractivity contribution is 7.88. The standard InChI is InChI=1S/C14H26N4O2S/c1-11-14(8-15-3)12(2)18(16-11)10-13-6-5-7-17(9-13)21(4,19)20/h13,15H,5-10H2,1-4H3. The van der Waals surface area contributed by atoms with Gasteiger partial charge in [0.15, 0.2) is 0 Å². The van der Waals surface area contributed by atoms with Gasteiger partial charge < -0.3 is 5.32 Å². The van der Waals surface area contributed by atoms with E-state index >= 15 is 0 Å². The van der Waals surface area contributed by atoms with Crippen molar-refractivity contribution < 1.29 is 8.42 Å². The van der Waals surface area contributed by atoms with Crippen LogP contribution in [0.5, 0.6) is 0 Å². The van der Waals surface area contributed by atoms with Crippen molar-refractivity contribution in [1.29, 1.82) is 0 Å². The molecule has 7 heteroatoms. The van der Waals surface area contributed by atoms with Crippen LogP contribution in [0.1, 0.15) is 29.8 Å². The molecule has 1 atom stereocenters. The van der Waals surface area contributed by atoms with Crippen LogP contribution in [0.15, 0.2) is 0 Å². The van der Waals surface area contributed by atoms with E-state index in [-0.39, 0.29) is 0 Å². The van der Waals surface area contributed by atoms with E-state index in [1.165, 1.54) is 17.5 Å². The average molecular weight is 314 g/mol. The van der Waals surface area contributed by atoms with E-state index in [0.29, 0.717) is 19.0 Å².